The highest BCUT2D eigenvalue weighted by molar-refractivity contribution is 8.18. The summed E-state index contributed by atoms with van der Waals surface area (Å²) in [6, 6.07) is 0. The maximum absolute atomic E-state index is 12.2. The maximum atomic E-state index is 12.2. The Kier molecular flexibility index (Phi) is 42.3. The fraction of sp³-hybridized carbons (Fsp3) is 0.889. The molecule has 0 saturated heterocycles. The Morgan fingerprint density at radius 2 is 0.800 bits per heavy atom. The molecule has 0 saturated carbocycles. The molecule has 0 spiro atoms. The number of thioether (sulfide) groups is 11. The van der Waals surface area contributed by atoms with Gasteiger partial charge in [0.1, 0.15) is 0 Å². The van der Waals surface area contributed by atoms with E-state index >= 15 is 0 Å². The molecule has 0 aliphatic rings. The summed E-state index contributed by atoms with van der Waals surface area (Å²) in [5.74, 6) is 12.6. The quantitative estimate of drug-likeness (QED) is 0.0515. The molecule has 0 aromatic carbocycles. The molecule has 0 bridgehead atoms. The van der Waals surface area contributed by atoms with Gasteiger partial charge in [-0.3, -0.25) is 18.6 Å². The molecule has 0 radical (unpaired) electrons. The molecule has 266 valence electrons. The molecule has 1 atom stereocenters. The SMILES string of the molecule is O=C(CCSCSCCCS(=O)CCSCSCCC(=O)SCCSCSCCC(=O)SCCSCCO)SCCSCCO. The number of hydrogen-bond acceptors (Lipinski definition) is 17. The van der Waals surface area contributed by atoms with Crippen LogP contribution in [0.3, 0.4) is 0 Å². The Morgan fingerprint density at radius 3 is 1.24 bits per heavy atom. The maximum Gasteiger partial charge on any atom is 0.189 e. The fourth-order valence-corrected chi connectivity index (χ4v) is 15.3. The van der Waals surface area contributed by atoms with Gasteiger partial charge in [0.25, 0.3) is 0 Å². The molecule has 0 aromatic heterocycles. The first kappa shape index (κ1) is 47.9. The zero-order valence-electron chi connectivity index (χ0n) is 25.9. The number of carbonyl (C=O) groups is 3. The van der Waals surface area contributed by atoms with E-state index in [-0.39, 0.29) is 28.6 Å². The van der Waals surface area contributed by atoms with E-state index < -0.39 is 10.8 Å². The van der Waals surface area contributed by atoms with E-state index in [9.17, 15) is 18.6 Å². The van der Waals surface area contributed by atoms with Crippen molar-refractivity contribution in [2.24, 2.45) is 0 Å². The molecule has 0 heterocycles. The van der Waals surface area contributed by atoms with Crippen LogP contribution < -0.4 is 0 Å². The molecule has 0 aliphatic carbocycles. The van der Waals surface area contributed by atoms with Crippen molar-refractivity contribution in [1.29, 1.82) is 0 Å². The van der Waals surface area contributed by atoms with Gasteiger partial charge in [-0.15, -0.1) is 0 Å². The van der Waals surface area contributed by atoms with Crippen molar-refractivity contribution in [2.45, 2.75) is 25.7 Å². The van der Waals surface area contributed by atoms with E-state index in [1.165, 1.54) is 35.3 Å². The summed E-state index contributed by atoms with van der Waals surface area (Å²) >= 11 is 18.4. The third-order valence-corrected chi connectivity index (χ3v) is 19.1. The number of carbonyl (C=O) groups excluding carboxylic acids is 3. The Bertz CT molecular complexity index is 680. The van der Waals surface area contributed by atoms with Gasteiger partial charge < -0.3 is 10.2 Å². The van der Waals surface area contributed by atoms with E-state index in [4.69, 9.17) is 10.2 Å². The van der Waals surface area contributed by atoms with Crippen molar-refractivity contribution in [3.05, 3.63) is 0 Å². The summed E-state index contributed by atoms with van der Waals surface area (Å²) < 4.78 is 12.2. The molecule has 45 heavy (non-hydrogen) atoms. The third-order valence-electron chi connectivity index (χ3n) is 4.91. The standard InChI is InChI=1S/C27H50O6S12/c28-5-11-34-13-16-42-25(30)2-8-37-22-36-7-1-20-45(33)21-19-41-24-39-10-4-27(32)44-18-15-40-23-38-9-3-26(31)43-17-14-35-12-6-29/h28-29H,1-24H2. The highest BCUT2D eigenvalue weighted by atomic mass is 32.2. The monoisotopic (exact) mass is 854 g/mol. The van der Waals surface area contributed by atoms with Gasteiger partial charge in [-0.1, -0.05) is 35.3 Å². The van der Waals surface area contributed by atoms with E-state index in [1.54, 1.807) is 70.6 Å². The van der Waals surface area contributed by atoms with Gasteiger partial charge in [-0.25, -0.2) is 0 Å². The summed E-state index contributed by atoms with van der Waals surface area (Å²) in [7, 11) is -0.765. The normalized spacial score (nSPS) is 12.0. The molecular formula is C27H50O6S12. The zero-order chi connectivity index (χ0) is 33.1. The molecule has 1 unspecified atom stereocenters. The van der Waals surface area contributed by atoms with Crippen molar-refractivity contribution in [3.63, 3.8) is 0 Å². The molecule has 6 nitrogen and oxygen atoms in total. The second-order valence-corrected chi connectivity index (χ2v) is 23.9. The lowest BCUT2D eigenvalue weighted by Gasteiger charge is -2.05. The average Bonchev–Trinajstić information content (AvgIpc) is 3.02. The molecule has 0 aliphatic heterocycles. The molecule has 2 N–H and O–H groups in total. The second kappa shape index (κ2) is 39.7. The first-order chi connectivity index (χ1) is 22.0. The van der Waals surface area contributed by atoms with Crippen molar-refractivity contribution in [3.8, 4) is 0 Å². The Hall–Kier alpha value is 2.93. The molecule has 18 heteroatoms. The first-order valence-electron chi connectivity index (χ1n) is 14.6. The molecule has 0 aromatic rings. The lowest BCUT2D eigenvalue weighted by Crippen LogP contribution is -2.06. The predicted molar refractivity (Wildman–Crippen MR) is 227 cm³/mol. The molecule has 0 rings (SSSR count). The lowest BCUT2D eigenvalue weighted by atomic mass is 10.5. The van der Waals surface area contributed by atoms with Crippen LogP contribution in [0.1, 0.15) is 25.7 Å². The summed E-state index contributed by atoms with van der Waals surface area (Å²) in [6.45, 7) is 0.389. The van der Waals surface area contributed by atoms with Gasteiger partial charge in [-0.05, 0) is 12.2 Å². The van der Waals surface area contributed by atoms with Gasteiger partial charge in [0.2, 0.25) is 0 Å². The minimum Gasteiger partial charge on any atom is -0.396 e. The number of aliphatic hydroxyl groups is 2. The smallest absolute Gasteiger partial charge is 0.189 e. The highest BCUT2D eigenvalue weighted by Gasteiger charge is 2.06. The summed E-state index contributed by atoms with van der Waals surface area (Å²) in [4.78, 5) is 35.7. The Balaban J connectivity index is 3.36. The van der Waals surface area contributed by atoms with Crippen LogP contribution >= 0.6 is 129 Å². The summed E-state index contributed by atoms with van der Waals surface area (Å²) in [6.07, 6.45) is 2.76. The summed E-state index contributed by atoms with van der Waals surface area (Å²) in [5, 5.41) is 21.1. The largest absolute Gasteiger partial charge is 0.396 e. The van der Waals surface area contributed by atoms with Crippen LogP contribution in [0.4, 0.5) is 0 Å². The van der Waals surface area contributed by atoms with Crippen LogP contribution in [0.2, 0.25) is 0 Å². The van der Waals surface area contributed by atoms with Crippen molar-refractivity contribution in [1.82, 2.24) is 0 Å². The average molecular weight is 855 g/mol. The van der Waals surface area contributed by atoms with Crippen molar-refractivity contribution < 1.29 is 28.8 Å². The van der Waals surface area contributed by atoms with Crippen molar-refractivity contribution >= 4 is 156 Å². The molecule has 0 fully saturated rings. The van der Waals surface area contributed by atoms with Gasteiger partial charge in [0.05, 0.1) is 13.2 Å². The zero-order valence-corrected chi connectivity index (χ0v) is 35.7. The van der Waals surface area contributed by atoms with Gasteiger partial charge in [0.15, 0.2) is 15.3 Å². The minimum atomic E-state index is -0.765. The topological polar surface area (TPSA) is 109 Å². The molecule has 0 amide bonds. The van der Waals surface area contributed by atoms with Crippen LogP contribution in [0.15, 0.2) is 0 Å². The molecular weight excluding hydrogens is 805 g/mol. The number of rotatable bonds is 35. The van der Waals surface area contributed by atoms with Crippen LogP contribution in [0.5, 0.6) is 0 Å². The van der Waals surface area contributed by atoms with Gasteiger partial charge in [0, 0.05) is 126 Å². The van der Waals surface area contributed by atoms with E-state index in [2.05, 4.69) is 0 Å². The van der Waals surface area contributed by atoms with Crippen molar-refractivity contribution in [2.75, 3.05) is 115 Å². The third kappa shape index (κ3) is 39.6. The van der Waals surface area contributed by atoms with Crippen LogP contribution in [-0.4, -0.2) is 145 Å². The first-order valence-corrected chi connectivity index (χ1v) is 28.3. The van der Waals surface area contributed by atoms with E-state index in [0.717, 1.165) is 108 Å². The van der Waals surface area contributed by atoms with E-state index in [1.807, 2.05) is 23.5 Å². The van der Waals surface area contributed by atoms with Crippen LogP contribution in [0, 0.1) is 0 Å². The number of hydrogen-bond donors (Lipinski definition) is 2. The van der Waals surface area contributed by atoms with Gasteiger partial charge in [-0.2, -0.15) is 94.1 Å². The summed E-state index contributed by atoms with van der Waals surface area (Å²) in [5.41, 5.74) is 0. The minimum absolute atomic E-state index is 0.194. The number of aliphatic hydroxyl groups excluding tert-OH is 2. The lowest BCUT2D eigenvalue weighted by molar-refractivity contribution is -0.111. The fourth-order valence-electron chi connectivity index (χ4n) is 2.77. The van der Waals surface area contributed by atoms with Gasteiger partial charge >= 0.3 is 0 Å². The van der Waals surface area contributed by atoms with Crippen LogP contribution in [-0.2, 0) is 25.2 Å². The predicted octanol–water partition coefficient (Wildman–Crippen LogP) is 6.80. The highest BCUT2D eigenvalue weighted by Crippen LogP contribution is 2.20. The Labute approximate surface area is 321 Å². The van der Waals surface area contributed by atoms with Crippen LogP contribution in [0.25, 0.3) is 0 Å². The Morgan fingerprint density at radius 1 is 0.422 bits per heavy atom. The van der Waals surface area contributed by atoms with E-state index in [0.29, 0.717) is 19.3 Å². The second-order valence-electron chi connectivity index (χ2n) is 8.59.